The minimum absolute atomic E-state index is 0.0740. The maximum Gasteiger partial charge on any atom is 0.257 e. The molecule has 1 saturated heterocycles. The first-order valence-electron chi connectivity index (χ1n) is 8.83. The highest BCUT2D eigenvalue weighted by molar-refractivity contribution is 7.16. The Morgan fingerprint density at radius 2 is 2.04 bits per heavy atom. The molecule has 0 aliphatic carbocycles. The van der Waals surface area contributed by atoms with Gasteiger partial charge in [-0.3, -0.25) is 9.59 Å². The fourth-order valence-electron chi connectivity index (χ4n) is 3.06. The van der Waals surface area contributed by atoms with Crippen molar-refractivity contribution in [2.45, 2.75) is 53.5 Å². The SMILES string of the molecule is Cc1cc([C@H]2CCCN2C(=O)c2cc(C)sc2NC(=O)C(C)(C)C)on1. The zero-order chi connectivity index (χ0) is 19.1. The Labute approximate surface area is 157 Å². The minimum atomic E-state index is -0.522. The van der Waals surface area contributed by atoms with Crippen LogP contribution in [0.4, 0.5) is 5.00 Å². The van der Waals surface area contributed by atoms with Gasteiger partial charge < -0.3 is 14.7 Å². The summed E-state index contributed by atoms with van der Waals surface area (Å²) in [4.78, 5) is 28.4. The summed E-state index contributed by atoms with van der Waals surface area (Å²) in [5.74, 6) is 0.549. The molecule has 0 spiro atoms. The van der Waals surface area contributed by atoms with Crippen LogP contribution in [0.1, 0.15) is 66.3 Å². The van der Waals surface area contributed by atoms with E-state index in [1.54, 1.807) is 0 Å². The molecule has 140 valence electrons. The second-order valence-corrected chi connectivity index (χ2v) is 9.09. The van der Waals surface area contributed by atoms with E-state index >= 15 is 0 Å². The van der Waals surface area contributed by atoms with Crippen LogP contribution in [0.3, 0.4) is 0 Å². The molecule has 0 saturated carbocycles. The highest BCUT2D eigenvalue weighted by atomic mass is 32.1. The van der Waals surface area contributed by atoms with Gasteiger partial charge in [-0.2, -0.15) is 0 Å². The van der Waals surface area contributed by atoms with Crippen molar-refractivity contribution >= 4 is 28.2 Å². The second-order valence-electron chi connectivity index (χ2n) is 7.83. The fraction of sp³-hybridized carbons (Fsp3) is 0.526. The van der Waals surface area contributed by atoms with Gasteiger partial charge in [-0.15, -0.1) is 11.3 Å². The second kappa shape index (κ2) is 6.87. The van der Waals surface area contributed by atoms with Gasteiger partial charge in [-0.05, 0) is 32.8 Å². The lowest BCUT2D eigenvalue weighted by Crippen LogP contribution is -2.32. The maximum absolute atomic E-state index is 13.2. The Balaban J connectivity index is 1.86. The van der Waals surface area contributed by atoms with E-state index in [-0.39, 0.29) is 17.9 Å². The zero-order valence-corrected chi connectivity index (χ0v) is 16.7. The smallest absolute Gasteiger partial charge is 0.257 e. The fourth-order valence-corrected chi connectivity index (χ4v) is 3.96. The van der Waals surface area contributed by atoms with Gasteiger partial charge in [0.15, 0.2) is 5.76 Å². The highest BCUT2D eigenvalue weighted by Crippen LogP contribution is 2.37. The summed E-state index contributed by atoms with van der Waals surface area (Å²) in [5.41, 5.74) is 0.836. The van der Waals surface area contributed by atoms with Gasteiger partial charge in [-0.25, -0.2) is 0 Å². The molecule has 7 heteroatoms. The number of carbonyl (C=O) groups is 2. The summed E-state index contributed by atoms with van der Waals surface area (Å²) < 4.78 is 5.40. The number of rotatable bonds is 3. The normalized spacial score (nSPS) is 17.6. The number of likely N-dealkylation sites (tertiary alicyclic amines) is 1. The van der Waals surface area contributed by atoms with Crippen molar-refractivity contribution in [1.29, 1.82) is 0 Å². The number of nitrogens with zero attached hydrogens (tertiary/aromatic N) is 2. The molecule has 6 nitrogen and oxygen atoms in total. The van der Waals surface area contributed by atoms with Crippen molar-refractivity contribution in [3.63, 3.8) is 0 Å². The Morgan fingerprint density at radius 3 is 2.65 bits per heavy atom. The van der Waals surface area contributed by atoms with Gasteiger partial charge in [-0.1, -0.05) is 25.9 Å². The molecule has 2 aromatic heterocycles. The van der Waals surface area contributed by atoms with Crippen molar-refractivity contribution in [1.82, 2.24) is 10.1 Å². The largest absolute Gasteiger partial charge is 0.359 e. The number of carbonyl (C=O) groups excluding carboxylic acids is 2. The van der Waals surface area contributed by atoms with Crippen molar-refractivity contribution in [2.75, 3.05) is 11.9 Å². The van der Waals surface area contributed by atoms with Gasteiger partial charge in [0.1, 0.15) is 5.00 Å². The van der Waals surface area contributed by atoms with Crippen LogP contribution in [0, 0.1) is 19.3 Å². The van der Waals surface area contributed by atoms with Crippen molar-refractivity contribution in [2.24, 2.45) is 5.41 Å². The van der Waals surface area contributed by atoms with Crippen LogP contribution in [-0.2, 0) is 4.79 Å². The average molecular weight is 375 g/mol. The summed E-state index contributed by atoms with van der Waals surface area (Å²) in [6, 6.07) is 3.64. The van der Waals surface area contributed by atoms with E-state index in [2.05, 4.69) is 10.5 Å². The number of aromatic nitrogens is 1. The molecule has 0 radical (unpaired) electrons. The third-order valence-corrected chi connectivity index (χ3v) is 5.45. The molecule has 26 heavy (non-hydrogen) atoms. The molecule has 1 aliphatic heterocycles. The predicted octanol–water partition coefficient (Wildman–Crippen LogP) is 4.31. The highest BCUT2D eigenvalue weighted by Gasteiger charge is 2.35. The quantitative estimate of drug-likeness (QED) is 0.867. The Hall–Kier alpha value is -2.15. The van der Waals surface area contributed by atoms with Gasteiger partial charge in [0.25, 0.3) is 5.91 Å². The van der Waals surface area contributed by atoms with Crippen LogP contribution in [0.2, 0.25) is 0 Å². The van der Waals surface area contributed by atoms with Crippen LogP contribution in [0.15, 0.2) is 16.7 Å². The number of aryl methyl sites for hydroxylation is 2. The van der Waals surface area contributed by atoms with Crippen molar-refractivity contribution < 1.29 is 14.1 Å². The first-order chi connectivity index (χ1) is 12.2. The first-order valence-corrected chi connectivity index (χ1v) is 9.64. The average Bonchev–Trinajstić information content (AvgIpc) is 3.25. The Kier molecular flexibility index (Phi) is 4.92. The molecule has 3 rings (SSSR count). The van der Waals surface area contributed by atoms with Crippen LogP contribution >= 0.6 is 11.3 Å². The topological polar surface area (TPSA) is 75.4 Å². The Morgan fingerprint density at radius 1 is 1.31 bits per heavy atom. The summed E-state index contributed by atoms with van der Waals surface area (Å²) in [5, 5.41) is 7.50. The van der Waals surface area contributed by atoms with Gasteiger partial charge in [0.05, 0.1) is 17.3 Å². The summed E-state index contributed by atoms with van der Waals surface area (Å²) in [6.07, 6.45) is 1.77. The molecule has 0 unspecified atom stereocenters. The van der Waals surface area contributed by atoms with E-state index < -0.39 is 5.41 Å². The van der Waals surface area contributed by atoms with Crippen molar-refractivity contribution in [3.05, 3.63) is 34.0 Å². The third kappa shape index (κ3) is 3.67. The molecule has 0 bridgehead atoms. The van der Waals surface area contributed by atoms with E-state index in [1.807, 2.05) is 51.7 Å². The molecule has 2 aromatic rings. The monoisotopic (exact) mass is 375 g/mol. The zero-order valence-electron chi connectivity index (χ0n) is 15.9. The molecule has 0 aromatic carbocycles. The van der Waals surface area contributed by atoms with Crippen LogP contribution < -0.4 is 5.32 Å². The first kappa shape index (κ1) is 18.6. The number of anilines is 1. The van der Waals surface area contributed by atoms with E-state index in [4.69, 9.17) is 4.52 Å². The van der Waals surface area contributed by atoms with Crippen LogP contribution in [0.5, 0.6) is 0 Å². The number of amides is 2. The summed E-state index contributed by atoms with van der Waals surface area (Å²) >= 11 is 1.43. The molecule has 1 N–H and O–H groups in total. The molecule has 3 heterocycles. The number of hydrogen-bond acceptors (Lipinski definition) is 5. The molecule has 2 amide bonds. The maximum atomic E-state index is 13.2. The van der Waals surface area contributed by atoms with Crippen LogP contribution in [0.25, 0.3) is 0 Å². The number of thiophene rings is 1. The van der Waals surface area contributed by atoms with Gasteiger partial charge in [0, 0.05) is 22.9 Å². The van der Waals surface area contributed by atoms with E-state index in [0.29, 0.717) is 17.1 Å². The van der Waals surface area contributed by atoms with Gasteiger partial charge in [0.2, 0.25) is 5.91 Å². The number of nitrogens with one attached hydrogen (secondary N) is 1. The summed E-state index contributed by atoms with van der Waals surface area (Å²) in [6.45, 7) is 10.0. The third-order valence-electron chi connectivity index (χ3n) is 4.48. The molecule has 1 aliphatic rings. The number of hydrogen-bond donors (Lipinski definition) is 1. The predicted molar refractivity (Wildman–Crippen MR) is 101 cm³/mol. The standard InChI is InChI=1S/C19H25N3O3S/c1-11-9-15(25-21-11)14-7-6-8-22(14)17(23)13-10-12(2)26-16(13)20-18(24)19(3,4)5/h9-10,14H,6-8H2,1-5H3,(H,20,24)/t14-/m1/s1. The lowest BCUT2D eigenvalue weighted by molar-refractivity contribution is -0.123. The van der Waals surface area contributed by atoms with Crippen LogP contribution in [-0.4, -0.2) is 28.4 Å². The lowest BCUT2D eigenvalue weighted by atomic mass is 9.96. The van der Waals surface area contributed by atoms with E-state index in [1.165, 1.54) is 11.3 Å². The van der Waals surface area contributed by atoms with Gasteiger partial charge >= 0.3 is 0 Å². The van der Waals surface area contributed by atoms with E-state index in [0.717, 1.165) is 29.2 Å². The minimum Gasteiger partial charge on any atom is -0.359 e. The molecular weight excluding hydrogens is 350 g/mol. The molecule has 1 atom stereocenters. The summed E-state index contributed by atoms with van der Waals surface area (Å²) in [7, 11) is 0. The molecular formula is C19H25N3O3S. The van der Waals surface area contributed by atoms with Crippen molar-refractivity contribution in [3.8, 4) is 0 Å². The molecule has 1 fully saturated rings. The van der Waals surface area contributed by atoms with E-state index in [9.17, 15) is 9.59 Å². The Bertz CT molecular complexity index is 831. The lowest BCUT2D eigenvalue weighted by Gasteiger charge is -2.23.